The van der Waals surface area contributed by atoms with Crippen LogP contribution in [0.25, 0.3) is 50.1 Å². The number of carbonyl (C=O) groups is 2. The van der Waals surface area contributed by atoms with Gasteiger partial charge in [0.2, 0.25) is 11.8 Å². The van der Waals surface area contributed by atoms with Gasteiger partial charge in [0, 0.05) is 95.7 Å². The molecule has 6 heterocycles. The summed E-state index contributed by atoms with van der Waals surface area (Å²) in [7, 11) is 1.52. The van der Waals surface area contributed by atoms with Crippen LogP contribution in [0.1, 0.15) is 92.7 Å². The van der Waals surface area contributed by atoms with Crippen LogP contribution >= 0.6 is 0 Å². The van der Waals surface area contributed by atoms with Gasteiger partial charge in [-0.05, 0) is 98.2 Å². The molecule has 6 N–H and O–H groups in total. The van der Waals surface area contributed by atoms with E-state index < -0.39 is 41.8 Å². The normalized spacial score (nSPS) is 18.9. The molecule has 4 aromatic carbocycles. The van der Waals surface area contributed by atoms with Crippen LogP contribution in [-0.2, 0) is 20.9 Å². The van der Waals surface area contributed by atoms with Gasteiger partial charge >= 0.3 is 6.01 Å². The second kappa shape index (κ2) is 23.0. The maximum atomic E-state index is 16.0. The van der Waals surface area contributed by atoms with Crippen molar-refractivity contribution in [1.29, 1.82) is 5.41 Å². The molecule has 422 valence electrons. The van der Waals surface area contributed by atoms with Gasteiger partial charge < -0.3 is 50.9 Å². The van der Waals surface area contributed by atoms with Gasteiger partial charge in [-0.25, -0.2) is 13.5 Å². The number of fused-ring (bicyclic) bond motifs is 3. The maximum Gasteiger partial charge on any atom is 0.319 e. The van der Waals surface area contributed by atoms with Crippen LogP contribution in [-0.4, -0.2) is 115 Å². The molecule has 3 saturated heterocycles. The minimum Gasteiger partial charge on any atom is -0.513 e. The number of likely N-dealkylation sites (tertiary alicyclic amines) is 1. The number of aliphatic hydroxyl groups is 1. The van der Waals surface area contributed by atoms with E-state index in [1.807, 2.05) is 38.1 Å². The molecule has 1 aliphatic carbocycles. The third-order valence-corrected chi connectivity index (χ3v) is 16.2. The number of hydrogen-bond donors (Lipinski definition) is 5. The summed E-state index contributed by atoms with van der Waals surface area (Å²) in [5, 5.41) is 34.9. The fourth-order valence-electron chi connectivity index (χ4n) is 11.8. The number of nitrogens with two attached hydrogens (primary N) is 1. The molecule has 0 radical (unpaired) electrons. The van der Waals surface area contributed by atoms with E-state index in [2.05, 4.69) is 42.8 Å². The van der Waals surface area contributed by atoms with E-state index in [-0.39, 0.29) is 53.8 Å². The fraction of sp³-hybridized carbons (Fsp3) is 0.355. The number of ether oxygens (including phenoxy) is 3. The highest BCUT2D eigenvalue weighted by Crippen LogP contribution is 2.53. The zero-order valence-electron chi connectivity index (χ0n) is 46.2. The third-order valence-electron chi connectivity index (χ3n) is 16.2. The van der Waals surface area contributed by atoms with E-state index in [0.29, 0.717) is 81.1 Å². The lowest BCUT2D eigenvalue weighted by Crippen LogP contribution is -2.48. The molecule has 4 aliphatic rings. The van der Waals surface area contributed by atoms with Crippen molar-refractivity contribution in [3.05, 3.63) is 131 Å². The first kappa shape index (κ1) is 55.1. The van der Waals surface area contributed by atoms with Crippen LogP contribution in [0.4, 0.5) is 20.3 Å². The number of anilines is 2. The van der Waals surface area contributed by atoms with Gasteiger partial charge in [0.1, 0.15) is 59.7 Å². The summed E-state index contributed by atoms with van der Waals surface area (Å²) < 4.78 is 51.0. The number of nitrogens with zero attached hydrogens (tertiary/aromatic N) is 8. The highest BCUT2D eigenvalue weighted by Gasteiger charge is 2.42. The lowest BCUT2D eigenvalue weighted by Gasteiger charge is -2.31. The quantitative estimate of drug-likeness (QED) is 0.0220. The van der Waals surface area contributed by atoms with E-state index >= 15 is 4.39 Å². The first-order valence-corrected chi connectivity index (χ1v) is 27.6. The van der Waals surface area contributed by atoms with Crippen LogP contribution < -0.4 is 30.7 Å². The molecule has 2 amide bonds. The van der Waals surface area contributed by atoms with Crippen molar-refractivity contribution in [2.75, 3.05) is 37.4 Å². The zero-order chi connectivity index (χ0) is 57.5. The smallest absolute Gasteiger partial charge is 0.319 e. The Labute approximate surface area is 473 Å². The van der Waals surface area contributed by atoms with Crippen molar-refractivity contribution in [3.8, 4) is 57.6 Å². The van der Waals surface area contributed by atoms with Gasteiger partial charge in [-0.15, -0.1) is 11.5 Å². The molecule has 3 aromatic heterocycles. The Morgan fingerprint density at radius 1 is 1.02 bits per heavy atom. The number of methoxy groups -OCH3 is 1. The number of aromatic nitrogens is 6. The van der Waals surface area contributed by atoms with E-state index in [1.54, 1.807) is 60.0 Å². The number of amides is 2. The summed E-state index contributed by atoms with van der Waals surface area (Å²) in [6, 6.07) is 18.1. The fourth-order valence-corrected chi connectivity index (χ4v) is 11.8. The standard InChI is InChI=1S/C62H64F2N12O6/c1-7-53(80-6)35(5)82-62-70-56-45(59(71-62)75-29-41-23-42(75)27-68-41)24-44(38-14-15-38)55(54-34(4)47(63)25-49(66)46(54)26-65)58(56)81-32-36-10-12-39(13-11-36)50-30-76(73-72-50)57(33(2)3)61(79)74-22-8-9-52(74)60(78)69-51(31-77)40-18-16-37(17-19-40)43-20-21-67-28-48(43)64/h1,10-13,16-21,24-26,28,30-31,33,35,38,41-42,52-53,57,65,68,77H,8-9,14-15,22-23,27,29,32,66H2,2-6H3,(H,69,78)/b51-31+,65-26?/t35-,41+,42+,52+,53-,57+/m1/s1. The minimum absolute atomic E-state index is 0.0456. The number of carbonyl (C=O) groups excluding carboxylic acids is 2. The molecule has 0 spiro atoms. The number of benzene rings is 4. The molecule has 0 unspecified atom stereocenters. The Kier molecular flexibility index (Phi) is 15.4. The van der Waals surface area contributed by atoms with E-state index in [0.717, 1.165) is 73.1 Å². The van der Waals surface area contributed by atoms with Crippen LogP contribution in [0.5, 0.6) is 11.8 Å². The number of nitrogen functional groups attached to an aromatic ring is 1. The molecule has 1 saturated carbocycles. The van der Waals surface area contributed by atoms with E-state index in [9.17, 15) is 19.1 Å². The van der Waals surface area contributed by atoms with Gasteiger partial charge in [-0.3, -0.25) is 14.6 Å². The molecule has 7 aromatic rings. The molecule has 4 fully saturated rings. The van der Waals surface area contributed by atoms with E-state index in [1.165, 1.54) is 19.4 Å². The molecule has 11 rings (SSSR count). The summed E-state index contributed by atoms with van der Waals surface area (Å²) >= 11 is 0. The monoisotopic (exact) mass is 1110 g/mol. The molecule has 18 nitrogen and oxygen atoms in total. The lowest BCUT2D eigenvalue weighted by atomic mass is 9.87. The predicted molar refractivity (Wildman–Crippen MR) is 308 cm³/mol. The van der Waals surface area contributed by atoms with Gasteiger partial charge in [0.05, 0.1) is 18.1 Å². The van der Waals surface area contributed by atoms with Crippen molar-refractivity contribution >= 4 is 46.1 Å². The molecule has 20 heteroatoms. The third kappa shape index (κ3) is 10.6. The average Bonchev–Trinajstić information content (AvgIpc) is 2.24. The summed E-state index contributed by atoms with van der Waals surface area (Å²) in [6.45, 7) is 9.21. The highest BCUT2D eigenvalue weighted by molar-refractivity contribution is 6.05. The van der Waals surface area contributed by atoms with Crippen LogP contribution in [0.15, 0.2) is 91.6 Å². The summed E-state index contributed by atoms with van der Waals surface area (Å²) in [6.07, 6.45) is 14.6. The van der Waals surface area contributed by atoms with Crippen molar-refractivity contribution in [3.63, 3.8) is 0 Å². The van der Waals surface area contributed by atoms with Crippen LogP contribution in [0, 0.1) is 42.2 Å². The second-order valence-electron chi connectivity index (χ2n) is 21.9. The van der Waals surface area contributed by atoms with Gasteiger partial charge in [0.25, 0.3) is 0 Å². The largest absolute Gasteiger partial charge is 0.513 e. The van der Waals surface area contributed by atoms with Crippen LogP contribution in [0.2, 0.25) is 0 Å². The summed E-state index contributed by atoms with van der Waals surface area (Å²) in [4.78, 5) is 46.3. The number of nitrogens with one attached hydrogen (secondary N) is 3. The number of hydrogen-bond acceptors (Lipinski definition) is 15. The number of pyridine rings is 1. The maximum absolute atomic E-state index is 16.0. The molecule has 2 bridgehead atoms. The summed E-state index contributed by atoms with van der Waals surface area (Å²) in [5.74, 6) is 1.81. The van der Waals surface area contributed by atoms with Crippen LogP contribution in [0.3, 0.4) is 0 Å². The predicted octanol–water partition coefficient (Wildman–Crippen LogP) is 9.07. The first-order valence-electron chi connectivity index (χ1n) is 27.6. The van der Waals surface area contributed by atoms with Crippen molar-refractivity contribution < 1.29 is 37.7 Å². The number of terminal acetylenes is 1. The molecule has 82 heavy (non-hydrogen) atoms. The SMILES string of the molecule is C#C[C@@H](OC)[C@@H](C)Oc1nc(N2C[C@@H]3C[C@H]2CN3)c2cc(C3CC3)c(-c3c(C)c(F)cc(N)c3C=N)c(OCc3ccc(-c4cn([C@H](C(=O)N5CCC[C@H]5C(=O)N/C(=C/O)c5ccc(-c6ccncc6F)cc5)C(C)C)nn4)cc3)c2n1. The van der Waals surface area contributed by atoms with Gasteiger partial charge in [-0.2, -0.15) is 9.97 Å². The van der Waals surface area contributed by atoms with Gasteiger partial charge in [-0.1, -0.05) is 73.5 Å². The topological polar surface area (TPSA) is 232 Å². The average molecular weight is 1110 g/mol. The Balaban J connectivity index is 0.875. The lowest BCUT2D eigenvalue weighted by molar-refractivity contribution is -0.142. The second-order valence-corrected chi connectivity index (χ2v) is 21.9. The zero-order valence-corrected chi connectivity index (χ0v) is 46.2. The first-order chi connectivity index (χ1) is 39.7. The highest BCUT2D eigenvalue weighted by atomic mass is 19.1. The molecular weight excluding hydrogens is 1050 g/mol. The number of piperazine rings is 1. The van der Waals surface area contributed by atoms with Crippen molar-refractivity contribution in [2.45, 2.75) is 109 Å². The minimum atomic E-state index is -0.820. The Morgan fingerprint density at radius 3 is 2.45 bits per heavy atom. The van der Waals surface area contributed by atoms with Crippen molar-refractivity contribution in [1.82, 2.24) is 45.5 Å². The van der Waals surface area contributed by atoms with E-state index in [4.69, 9.17) is 41.7 Å². The Bertz CT molecular complexity index is 3670. The molecule has 6 atom stereocenters. The number of halogens is 2. The number of rotatable bonds is 19. The summed E-state index contributed by atoms with van der Waals surface area (Å²) in [5.41, 5.74) is 13.3. The van der Waals surface area contributed by atoms with Crippen molar-refractivity contribution in [2.24, 2.45) is 5.92 Å². The Morgan fingerprint density at radius 2 is 1.79 bits per heavy atom. The molecular formula is C62H64F2N12O6. The molecule has 3 aliphatic heterocycles. The number of aliphatic hydroxyl groups excluding tert-OH is 1. The van der Waals surface area contributed by atoms with Gasteiger partial charge in [0.15, 0.2) is 11.9 Å². The Hall–Kier alpha value is -8.80.